The number of nitriles is 1. The second-order valence-corrected chi connectivity index (χ2v) is 10.7. The van der Waals surface area contributed by atoms with Crippen LogP contribution < -0.4 is 0 Å². The Morgan fingerprint density at radius 2 is 1.89 bits per heavy atom. The molecular formula is C22H25F2NO2S. The smallest absolute Gasteiger partial charge is 0.182 e. The number of nitrogens with zero attached hydrogens (tertiary/aromatic N) is 1. The summed E-state index contributed by atoms with van der Waals surface area (Å²) in [5.41, 5.74) is 1.57. The van der Waals surface area contributed by atoms with E-state index in [1.807, 2.05) is 0 Å². The summed E-state index contributed by atoms with van der Waals surface area (Å²) in [4.78, 5) is 0.283. The van der Waals surface area contributed by atoms with Gasteiger partial charge in [-0.3, -0.25) is 0 Å². The Hall–Kier alpha value is -2.00. The zero-order chi connectivity index (χ0) is 20.7. The van der Waals surface area contributed by atoms with Crippen LogP contribution in [0.4, 0.5) is 8.78 Å². The highest BCUT2D eigenvalue weighted by Crippen LogP contribution is 2.46. The fourth-order valence-electron chi connectivity index (χ4n) is 4.19. The highest BCUT2D eigenvalue weighted by molar-refractivity contribution is 7.94. The molecule has 0 saturated heterocycles. The molecule has 0 saturated carbocycles. The molecule has 1 aromatic rings. The average molecular weight is 406 g/mol. The van der Waals surface area contributed by atoms with Crippen LogP contribution in [0.2, 0.25) is 0 Å². The van der Waals surface area contributed by atoms with Crippen molar-refractivity contribution in [2.24, 2.45) is 11.3 Å². The van der Waals surface area contributed by atoms with Gasteiger partial charge in [-0.1, -0.05) is 32.4 Å². The van der Waals surface area contributed by atoms with E-state index in [4.69, 9.17) is 5.26 Å². The Balaban J connectivity index is 1.91. The van der Waals surface area contributed by atoms with Gasteiger partial charge in [0.2, 0.25) is 0 Å². The third-order valence-electron chi connectivity index (χ3n) is 5.90. The van der Waals surface area contributed by atoms with Crippen LogP contribution in [0.1, 0.15) is 64.0 Å². The topological polar surface area (TPSA) is 57.9 Å². The van der Waals surface area contributed by atoms with E-state index in [-0.39, 0.29) is 15.9 Å². The van der Waals surface area contributed by atoms with Gasteiger partial charge in [0.25, 0.3) is 0 Å². The SMILES string of the molecule is CC(C)(C)C1CCC2=C(CCC=C2S(=O)(=O)Cc2cc(F)c(C#N)cc2F)C1. The van der Waals surface area contributed by atoms with E-state index in [1.54, 1.807) is 12.1 Å². The second-order valence-electron chi connectivity index (χ2n) is 8.79. The lowest BCUT2D eigenvalue weighted by molar-refractivity contribution is 0.214. The maximum atomic E-state index is 14.2. The summed E-state index contributed by atoms with van der Waals surface area (Å²) in [5, 5.41) is 8.79. The molecule has 0 aromatic heterocycles. The first-order valence-electron chi connectivity index (χ1n) is 9.55. The van der Waals surface area contributed by atoms with Crippen LogP contribution in [0.15, 0.2) is 34.3 Å². The van der Waals surface area contributed by atoms with Gasteiger partial charge in [-0.2, -0.15) is 5.26 Å². The number of halogens is 2. The van der Waals surface area contributed by atoms with Crippen LogP contribution in [0.3, 0.4) is 0 Å². The van der Waals surface area contributed by atoms with Crippen molar-refractivity contribution in [3.8, 4) is 6.07 Å². The summed E-state index contributed by atoms with van der Waals surface area (Å²) in [6.07, 6.45) is 5.76. The predicted molar refractivity (Wildman–Crippen MR) is 105 cm³/mol. The van der Waals surface area contributed by atoms with Gasteiger partial charge < -0.3 is 0 Å². The van der Waals surface area contributed by atoms with Crippen molar-refractivity contribution in [2.75, 3.05) is 0 Å². The molecule has 1 atom stereocenters. The van der Waals surface area contributed by atoms with Crippen molar-refractivity contribution in [2.45, 2.75) is 58.6 Å². The van der Waals surface area contributed by atoms with Crippen molar-refractivity contribution < 1.29 is 17.2 Å². The van der Waals surface area contributed by atoms with Gasteiger partial charge in [0, 0.05) is 5.56 Å². The van der Waals surface area contributed by atoms with Gasteiger partial charge in [-0.05, 0) is 61.1 Å². The number of sulfone groups is 1. The average Bonchev–Trinajstić information content (AvgIpc) is 2.62. The van der Waals surface area contributed by atoms with E-state index in [9.17, 15) is 17.2 Å². The van der Waals surface area contributed by atoms with Crippen LogP contribution in [0.5, 0.6) is 0 Å². The van der Waals surface area contributed by atoms with Crippen LogP contribution >= 0.6 is 0 Å². The molecule has 1 aromatic carbocycles. The van der Waals surface area contributed by atoms with Crippen molar-refractivity contribution in [1.82, 2.24) is 0 Å². The lowest BCUT2D eigenvalue weighted by Gasteiger charge is -2.37. The van der Waals surface area contributed by atoms with Gasteiger partial charge >= 0.3 is 0 Å². The molecule has 150 valence electrons. The zero-order valence-corrected chi connectivity index (χ0v) is 17.3. The van der Waals surface area contributed by atoms with E-state index in [2.05, 4.69) is 20.8 Å². The quantitative estimate of drug-likeness (QED) is 0.660. The fraction of sp³-hybridized carbons (Fsp3) is 0.500. The molecule has 0 radical (unpaired) electrons. The highest BCUT2D eigenvalue weighted by atomic mass is 32.2. The summed E-state index contributed by atoms with van der Waals surface area (Å²) in [6.45, 7) is 6.63. The number of rotatable bonds is 3. The molecule has 0 fully saturated rings. The maximum absolute atomic E-state index is 14.2. The van der Waals surface area contributed by atoms with E-state index in [0.29, 0.717) is 18.8 Å². The molecule has 3 nitrogen and oxygen atoms in total. The summed E-state index contributed by atoms with van der Waals surface area (Å²) >= 11 is 0. The standard InChI is InChI=1S/C22H25F2NO2S/c1-22(2,3)17-7-8-18-14(9-17)5-4-6-21(18)28(26,27)13-16-11-19(23)15(12-25)10-20(16)24/h6,10-11,17H,4-5,7-9,13H2,1-3H3. The summed E-state index contributed by atoms with van der Waals surface area (Å²) in [7, 11) is -3.80. The first-order chi connectivity index (χ1) is 13.0. The molecule has 0 N–H and O–H groups in total. The number of hydrogen-bond donors (Lipinski definition) is 0. The van der Waals surface area contributed by atoms with Crippen LogP contribution in [-0.2, 0) is 15.6 Å². The molecule has 1 unspecified atom stereocenters. The van der Waals surface area contributed by atoms with E-state index in [0.717, 1.165) is 37.0 Å². The lowest BCUT2D eigenvalue weighted by atomic mass is 9.69. The zero-order valence-electron chi connectivity index (χ0n) is 16.5. The summed E-state index contributed by atoms with van der Waals surface area (Å²) in [5.74, 6) is -1.87. The molecule has 0 amide bonds. The van der Waals surface area contributed by atoms with Gasteiger partial charge in [-0.15, -0.1) is 0 Å². The van der Waals surface area contributed by atoms with Crippen molar-refractivity contribution in [1.29, 1.82) is 5.26 Å². The Kier molecular flexibility index (Phi) is 5.51. The highest BCUT2D eigenvalue weighted by Gasteiger charge is 2.35. The van der Waals surface area contributed by atoms with Crippen LogP contribution in [0, 0.1) is 34.3 Å². The monoisotopic (exact) mass is 405 g/mol. The number of hydrogen-bond acceptors (Lipinski definition) is 3. The van der Waals surface area contributed by atoms with Crippen molar-refractivity contribution >= 4 is 9.84 Å². The van der Waals surface area contributed by atoms with E-state index >= 15 is 0 Å². The third-order valence-corrected chi connectivity index (χ3v) is 7.67. The Bertz CT molecular complexity index is 1010. The minimum Gasteiger partial charge on any atom is -0.223 e. The largest absolute Gasteiger partial charge is 0.223 e. The minimum atomic E-state index is -3.80. The summed E-state index contributed by atoms with van der Waals surface area (Å²) in [6, 6.07) is 3.14. The van der Waals surface area contributed by atoms with Crippen molar-refractivity contribution in [3.05, 3.63) is 57.0 Å². The van der Waals surface area contributed by atoms with Crippen LogP contribution in [0.25, 0.3) is 0 Å². The first-order valence-corrected chi connectivity index (χ1v) is 11.2. The van der Waals surface area contributed by atoms with E-state index in [1.165, 1.54) is 5.57 Å². The lowest BCUT2D eigenvalue weighted by Crippen LogP contribution is -2.26. The molecule has 2 aliphatic rings. The molecular weight excluding hydrogens is 380 g/mol. The van der Waals surface area contributed by atoms with Gasteiger partial charge in [0.1, 0.15) is 17.7 Å². The molecule has 6 heteroatoms. The predicted octanol–water partition coefficient (Wildman–Crippen LogP) is 5.57. The van der Waals surface area contributed by atoms with Gasteiger partial charge in [0.05, 0.1) is 16.2 Å². The van der Waals surface area contributed by atoms with Gasteiger partial charge in [0.15, 0.2) is 9.84 Å². The molecule has 28 heavy (non-hydrogen) atoms. The second kappa shape index (κ2) is 7.44. The molecule has 2 aliphatic carbocycles. The Morgan fingerprint density at radius 3 is 2.54 bits per heavy atom. The molecule has 0 spiro atoms. The number of allylic oxidation sites excluding steroid dienone is 3. The molecule has 0 heterocycles. The fourth-order valence-corrected chi connectivity index (χ4v) is 5.97. The normalized spacial score (nSPS) is 20.4. The first kappa shape index (κ1) is 20.7. The summed E-state index contributed by atoms with van der Waals surface area (Å²) < 4.78 is 54.2. The van der Waals surface area contributed by atoms with E-state index < -0.39 is 32.8 Å². The maximum Gasteiger partial charge on any atom is 0.182 e. The molecule has 0 aliphatic heterocycles. The third kappa shape index (κ3) is 4.05. The molecule has 0 bridgehead atoms. The Morgan fingerprint density at radius 1 is 1.18 bits per heavy atom. The Labute approximate surface area is 165 Å². The van der Waals surface area contributed by atoms with Gasteiger partial charge in [-0.25, -0.2) is 17.2 Å². The minimum absolute atomic E-state index is 0.169. The van der Waals surface area contributed by atoms with Crippen molar-refractivity contribution in [3.63, 3.8) is 0 Å². The number of benzene rings is 1. The van der Waals surface area contributed by atoms with Crippen LogP contribution in [-0.4, -0.2) is 8.42 Å². The molecule has 3 rings (SSSR count).